The summed E-state index contributed by atoms with van der Waals surface area (Å²) >= 11 is 0. The van der Waals surface area contributed by atoms with E-state index in [4.69, 9.17) is 9.72 Å². The number of imidazole rings is 1. The number of hydrogen-bond acceptors (Lipinski definition) is 4. The molecule has 0 bridgehead atoms. The van der Waals surface area contributed by atoms with Gasteiger partial charge in [-0.25, -0.2) is 4.98 Å². The summed E-state index contributed by atoms with van der Waals surface area (Å²) in [6.07, 6.45) is 8.33. The van der Waals surface area contributed by atoms with E-state index >= 15 is 0 Å². The maximum Gasteiger partial charge on any atom is 0.161 e. The summed E-state index contributed by atoms with van der Waals surface area (Å²) < 4.78 is 7.41. The maximum atomic E-state index is 9.92. The lowest BCUT2D eigenvalue weighted by molar-refractivity contribution is 0.373. The predicted molar refractivity (Wildman–Crippen MR) is 104 cm³/mol. The topological polar surface area (TPSA) is 58.8 Å². The van der Waals surface area contributed by atoms with E-state index in [-0.39, 0.29) is 5.75 Å². The van der Waals surface area contributed by atoms with Gasteiger partial charge in [-0.05, 0) is 55.7 Å². The van der Waals surface area contributed by atoms with Crippen LogP contribution in [0.4, 0.5) is 5.82 Å². The van der Waals surface area contributed by atoms with Gasteiger partial charge < -0.3 is 15.2 Å². The molecule has 0 spiro atoms. The third-order valence-corrected chi connectivity index (χ3v) is 5.18. The van der Waals surface area contributed by atoms with E-state index in [0.717, 1.165) is 22.7 Å². The van der Waals surface area contributed by atoms with Gasteiger partial charge in [0.2, 0.25) is 0 Å². The second-order valence-electron chi connectivity index (χ2n) is 7.11. The smallest absolute Gasteiger partial charge is 0.161 e. The molecule has 1 aliphatic carbocycles. The van der Waals surface area contributed by atoms with Crippen molar-refractivity contribution in [1.29, 1.82) is 0 Å². The highest BCUT2D eigenvalue weighted by Crippen LogP contribution is 2.36. The second kappa shape index (κ2) is 6.90. The van der Waals surface area contributed by atoms with Gasteiger partial charge >= 0.3 is 0 Å². The highest BCUT2D eigenvalue weighted by atomic mass is 16.5. The number of nitrogens with one attached hydrogen (secondary N) is 1. The van der Waals surface area contributed by atoms with Crippen LogP contribution >= 0.6 is 0 Å². The van der Waals surface area contributed by atoms with E-state index in [1.807, 2.05) is 12.1 Å². The number of ether oxygens (including phenoxy) is 1. The van der Waals surface area contributed by atoms with Crippen molar-refractivity contribution in [1.82, 2.24) is 9.38 Å². The molecular weight excluding hydrogens is 326 g/mol. The zero-order chi connectivity index (χ0) is 18.1. The zero-order valence-electron chi connectivity index (χ0n) is 15.3. The molecule has 0 aliphatic heterocycles. The highest BCUT2D eigenvalue weighted by Gasteiger charge is 2.20. The fourth-order valence-corrected chi connectivity index (χ4v) is 3.75. The van der Waals surface area contributed by atoms with Crippen LogP contribution in [0.3, 0.4) is 0 Å². The summed E-state index contributed by atoms with van der Waals surface area (Å²) in [6.45, 7) is 2.08. The third kappa shape index (κ3) is 3.09. The fourth-order valence-electron chi connectivity index (χ4n) is 3.75. The van der Waals surface area contributed by atoms with Crippen LogP contribution in [0.25, 0.3) is 16.9 Å². The Balaban J connectivity index is 1.83. The molecule has 1 aromatic carbocycles. The van der Waals surface area contributed by atoms with Gasteiger partial charge in [-0.15, -0.1) is 0 Å². The summed E-state index contributed by atoms with van der Waals surface area (Å²) in [6, 6.07) is 10.1. The first-order valence-electron chi connectivity index (χ1n) is 9.28. The Hall–Kier alpha value is -2.69. The molecule has 2 heterocycles. The Morgan fingerprint density at radius 3 is 2.73 bits per heavy atom. The van der Waals surface area contributed by atoms with Crippen LogP contribution in [0, 0.1) is 6.92 Å². The van der Waals surface area contributed by atoms with Crippen LogP contribution in [-0.4, -0.2) is 27.6 Å². The minimum Gasteiger partial charge on any atom is -0.504 e. The van der Waals surface area contributed by atoms with Gasteiger partial charge in [0.05, 0.1) is 7.11 Å². The molecule has 0 saturated heterocycles. The molecule has 136 valence electrons. The molecule has 4 rings (SSSR count). The zero-order valence-corrected chi connectivity index (χ0v) is 15.3. The number of pyridine rings is 1. The summed E-state index contributed by atoms with van der Waals surface area (Å²) in [5, 5.41) is 13.7. The fraction of sp³-hybridized carbons (Fsp3) is 0.381. The van der Waals surface area contributed by atoms with Crippen molar-refractivity contribution in [2.24, 2.45) is 0 Å². The van der Waals surface area contributed by atoms with Crippen LogP contribution in [0.15, 0.2) is 36.5 Å². The van der Waals surface area contributed by atoms with Gasteiger partial charge in [-0.2, -0.15) is 0 Å². The monoisotopic (exact) mass is 351 g/mol. The number of benzene rings is 1. The summed E-state index contributed by atoms with van der Waals surface area (Å²) in [4.78, 5) is 4.88. The van der Waals surface area contributed by atoms with Crippen molar-refractivity contribution in [3.05, 3.63) is 42.1 Å². The largest absolute Gasteiger partial charge is 0.504 e. The number of aromatic nitrogens is 2. The molecule has 5 nitrogen and oxygen atoms in total. The van der Waals surface area contributed by atoms with Crippen molar-refractivity contribution in [2.75, 3.05) is 12.4 Å². The van der Waals surface area contributed by atoms with Crippen molar-refractivity contribution in [2.45, 2.75) is 45.1 Å². The lowest BCUT2D eigenvalue weighted by Gasteiger charge is -2.24. The Bertz CT molecular complexity index is 926. The minimum atomic E-state index is 0.137. The molecule has 0 atom stereocenters. The SMILES string of the molecule is COc1cc(-c2nc3cc(C)ccn3c2NC2CCCCC2)ccc1O. The minimum absolute atomic E-state index is 0.137. The Morgan fingerprint density at radius 1 is 1.15 bits per heavy atom. The first-order valence-corrected chi connectivity index (χ1v) is 9.28. The first-order chi connectivity index (χ1) is 12.7. The normalized spacial score (nSPS) is 15.3. The van der Waals surface area contributed by atoms with E-state index < -0.39 is 0 Å². The quantitative estimate of drug-likeness (QED) is 0.711. The summed E-state index contributed by atoms with van der Waals surface area (Å²) in [5.41, 5.74) is 3.92. The Kier molecular flexibility index (Phi) is 4.45. The average molecular weight is 351 g/mol. The Morgan fingerprint density at radius 2 is 1.96 bits per heavy atom. The molecule has 1 saturated carbocycles. The molecule has 0 unspecified atom stereocenters. The standard InChI is InChI=1S/C21H25N3O2/c1-14-10-11-24-19(12-14)23-20(15-8-9-17(25)18(13-15)26-2)21(24)22-16-6-4-3-5-7-16/h8-13,16,22,25H,3-7H2,1-2H3. The average Bonchev–Trinajstić information content (AvgIpc) is 3.00. The van der Waals surface area contributed by atoms with Crippen LogP contribution in [0.1, 0.15) is 37.7 Å². The van der Waals surface area contributed by atoms with Crippen molar-refractivity contribution in [3.63, 3.8) is 0 Å². The number of rotatable bonds is 4. The van der Waals surface area contributed by atoms with Crippen LogP contribution in [0.2, 0.25) is 0 Å². The molecule has 2 aromatic heterocycles. The van der Waals surface area contributed by atoms with Gasteiger partial charge in [0.25, 0.3) is 0 Å². The maximum absolute atomic E-state index is 9.92. The first kappa shape index (κ1) is 16.8. The number of aromatic hydroxyl groups is 1. The van der Waals surface area contributed by atoms with E-state index in [2.05, 4.69) is 35.0 Å². The lowest BCUT2D eigenvalue weighted by Crippen LogP contribution is -2.23. The second-order valence-corrected chi connectivity index (χ2v) is 7.11. The number of hydrogen-bond donors (Lipinski definition) is 2. The molecular formula is C21H25N3O2. The van der Waals surface area contributed by atoms with E-state index in [0.29, 0.717) is 11.8 Å². The number of nitrogens with zero attached hydrogens (tertiary/aromatic N) is 2. The van der Waals surface area contributed by atoms with Crippen molar-refractivity contribution < 1.29 is 9.84 Å². The molecule has 0 amide bonds. The van der Waals surface area contributed by atoms with Gasteiger partial charge in [-0.1, -0.05) is 19.3 Å². The summed E-state index contributed by atoms with van der Waals surface area (Å²) in [5.74, 6) is 1.61. The molecule has 5 heteroatoms. The number of methoxy groups -OCH3 is 1. The molecule has 26 heavy (non-hydrogen) atoms. The van der Waals surface area contributed by atoms with E-state index in [1.165, 1.54) is 37.7 Å². The van der Waals surface area contributed by atoms with Gasteiger partial charge in [-0.3, -0.25) is 4.40 Å². The lowest BCUT2D eigenvalue weighted by atomic mass is 9.95. The molecule has 1 aliphatic rings. The number of phenols is 1. The van der Waals surface area contributed by atoms with Crippen LogP contribution < -0.4 is 10.1 Å². The molecule has 1 fully saturated rings. The third-order valence-electron chi connectivity index (χ3n) is 5.18. The van der Waals surface area contributed by atoms with Gasteiger partial charge in [0.15, 0.2) is 11.5 Å². The number of aryl methyl sites for hydroxylation is 1. The van der Waals surface area contributed by atoms with E-state index in [9.17, 15) is 5.11 Å². The number of anilines is 1. The Labute approximate surface area is 153 Å². The van der Waals surface area contributed by atoms with Crippen LogP contribution in [-0.2, 0) is 0 Å². The number of phenolic OH excluding ortho intramolecular Hbond substituents is 1. The molecule has 3 aromatic rings. The van der Waals surface area contributed by atoms with Gasteiger partial charge in [0, 0.05) is 17.8 Å². The predicted octanol–water partition coefficient (Wildman–Crippen LogP) is 4.77. The molecule has 2 N–H and O–H groups in total. The van der Waals surface area contributed by atoms with E-state index in [1.54, 1.807) is 13.2 Å². The highest BCUT2D eigenvalue weighted by molar-refractivity contribution is 5.78. The number of fused-ring (bicyclic) bond motifs is 1. The van der Waals surface area contributed by atoms with Crippen molar-refractivity contribution in [3.8, 4) is 22.8 Å². The molecule has 0 radical (unpaired) electrons. The van der Waals surface area contributed by atoms with Crippen molar-refractivity contribution >= 4 is 11.5 Å². The summed E-state index contributed by atoms with van der Waals surface area (Å²) in [7, 11) is 1.56. The van der Waals surface area contributed by atoms with Gasteiger partial charge in [0.1, 0.15) is 17.2 Å². The van der Waals surface area contributed by atoms with Crippen LogP contribution in [0.5, 0.6) is 11.5 Å².